The average molecular weight is 428 g/mol. The molecular weight excluding hydrogens is 402 g/mol. The predicted octanol–water partition coefficient (Wildman–Crippen LogP) is 4.48. The van der Waals surface area contributed by atoms with Crippen LogP contribution in [0, 0.1) is 0 Å². The molecule has 7 heteroatoms. The van der Waals surface area contributed by atoms with Gasteiger partial charge in [-0.25, -0.2) is 4.79 Å². The summed E-state index contributed by atoms with van der Waals surface area (Å²) in [6.07, 6.45) is 3.22. The van der Waals surface area contributed by atoms with Gasteiger partial charge in [-0.1, -0.05) is 43.4 Å². The summed E-state index contributed by atoms with van der Waals surface area (Å²) in [4.78, 5) is 26.4. The van der Waals surface area contributed by atoms with E-state index in [2.05, 4.69) is 18.7 Å². The minimum atomic E-state index is -0.405. The number of hydrogen-bond donors (Lipinski definition) is 0. The van der Waals surface area contributed by atoms with Gasteiger partial charge in [0.25, 0.3) is 0 Å². The molecule has 0 saturated carbocycles. The lowest BCUT2D eigenvalue weighted by molar-refractivity contribution is 0.104. The van der Waals surface area contributed by atoms with Crippen molar-refractivity contribution in [3.63, 3.8) is 0 Å². The van der Waals surface area contributed by atoms with Gasteiger partial charge in [0.15, 0.2) is 11.4 Å². The van der Waals surface area contributed by atoms with Crippen molar-refractivity contribution in [3.8, 4) is 11.5 Å². The molecule has 6 nitrogen and oxygen atoms in total. The smallest absolute Gasteiger partial charge is 0.396 e. The highest BCUT2D eigenvalue weighted by Gasteiger charge is 2.15. The van der Waals surface area contributed by atoms with Crippen LogP contribution in [0.4, 0.5) is 0 Å². The maximum Gasteiger partial charge on any atom is 0.396 e. The van der Waals surface area contributed by atoms with Gasteiger partial charge in [-0.15, -0.1) is 0 Å². The van der Waals surface area contributed by atoms with E-state index in [-0.39, 0.29) is 5.78 Å². The van der Waals surface area contributed by atoms with E-state index in [1.165, 1.54) is 6.08 Å². The summed E-state index contributed by atoms with van der Waals surface area (Å²) in [5.74, 6) is 0.982. The topological polar surface area (TPSA) is 69.0 Å². The second kappa shape index (κ2) is 10.2. The zero-order valence-electron chi connectivity index (χ0n) is 17.3. The number of carbonyl (C=O) groups is 1. The Bertz CT molecular complexity index is 1080. The van der Waals surface area contributed by atoms with Gasteiger partial charge in [0.1, 0.15) is 18.1 Å². The van der Waals surface area contributed by atoms with E-state index in [0.29, 0.717) is 28.2 Å². The molecule has 0 N–H and O–H groups in total. The lowest BCUT2D eigenvalue weighted by Gasteiger charge is -2.18. The Balaban J connectivity index is 1.84. The van der Waals surface area contributed by atoms with E-state index in [1.807, 2.05) is 24.3 Å². The van der Waals surface area contributed by atoms with Gasteiger partial charge in [-0.05, 0) is 42.9 Å². The van der Waals surface area contributed by atoms with E-state index < -0.39 is 4.94 Å². The minimum Gasteiger partial charge on any atom is -0.497 e. The monoisotopic (exact) mass is 427 g/mol. The molecule has 0 radical (unpaired) electrons. The first-order chi connectivity index (χ1) is 14.5. The number of fused-ring (bicyclic) bond motifs is 1. The minimum absolute atomic E-state index is 0.223. The number of nitrogens with zero attached hydrogens (tertiary/aromatic N) is 1. The van der Waals surface area contributed by atoms with Crippen LogP contribution < -0.4 is 14.4 Å². The molecule has 0 aliphatic rings. The molecule has 0 amide bonds. The molecule has 0 saturated heterocycles. The van der Waals surface area contributed by atoms with Gasteiger partial charge in [0.05, 0.1) is 17.4 Å². The Morgan fingerprint density at radius 3 is 2.57 bits per heavy atom. The van der Waals surface area contributed by atoms with E-state index in [4.69, 9.17) is 13.9 Å². The van der Waals surface area contributed by atoms with Crippen LogP contribution in [0.3, 0.4) is 0 Å². The van der Waals surface area contributed by atoms with E-state index in [1.54, 1.807) is 25.3 Å². The largest absolute Gasteiger partial charge is 0.497 e. The van der Waals surface area contributed by atoms with Gasteiger partial charge < -0.3 is 18.8 Å². The van der Waals surface area contributed by atoms with Crippen molar-refractivity contribution in [1.82, 2.24) is 4.90 Å². The van der Waals surface area contributed by atoms with Crippen LogP contribution in [-0.2, 0) is 0 Å². The van der Waals surface area contributed by atoms with Gasteiger partial charge in [0, 0.05) is 12.6 Å². The summed E-state index contributed by atoms with van der Waals surface area (Å²) in [5.41, 5.74) is 1.63. The van der Waals surface area contributed by atoms with Gasteiger partial charge in [-0.3, -0.25) is 4.79 Å². The van der Waals surface area contributed by atoms with Crippen molar-refractivity contribution >= 4 is 33.5 Å². The van der Waals surface area contributed by atoms with Gasteiger partial charge in [0.2, 0.25) is 0 Å². The van der Waals surface area contributed by atoms with Crippen LogP contribution >= 0.6 is 11.3 Å². The molecule has 158 valence electrons. The van der Waals surface area contributed by atoms with E-state index in [9.17, 15) is 9.59 Å². The molecule has 1 heterocycles. The maximum absolute atomic E-state index is 12.9. The van der Waals surface area contributed by atoms with Crippen LogP contribution in [0.2, 0.25) is 0 Å². The molecule has 3 aromatic rings. The molecule has 0 fully saturated rings. The fraction of sp³-hybridized carbons (Fsp3) is 0.304. The highest BCUT2D eigenvalue weighted by atomic mass is 32.1. The highest BCUT2D eigenvalue weighted by Crippen LogP contribution is 2.29. The third kappa shape index (κ3) is 5.37. The Hall–Kier alpha value is -2.90. The van der Waals surface area contributed by atoms with Crippen molar-refractivity contribution in [2.45, 2.75) is 13.8 Å². The molecular formula is C23H25NO5S. The summed E-state index contributed by atoms with van der Waals surface area (Å²) >= 11 is 0.995. The molecule has 0 bridgehead atoms. The second-order valence-corrected chi connectivity index (χ2v) is 7.57. The standard InChI is InChI=1S/C23H25NO5S/c1-4-24(5-2)12-13-28-20-15-22-21(29-23(26)30-22)14-18(20)19(25)11-8-16-6-9-17(27-3)10-7-16/h6-11,14-15H,4-5,12-13H2,1-3H3/b11-8+. The quantitative estimate of drug-likeness (QED) is 0.351. The molecule has 0 aliphatic carbocycles. The molecule has 30 heavy (non-hydrogen) atoms. The van der Waals surface area contributed by atoms with Crippen LogP contribution in [0.1, 0.15) is 29.8 Å². The van der Waals surface area contributed by atoms with Crippen molar-refractivity contribution < 1.29 is 18.7 Å². The zero-order chi connectivity index (χ0) is 21.5. The Labute approximate surface area is 179 Å². The Kier molecular flexibility index (Phi) is 7.43. The number of carbonyl (C=O) groups excluding carboxylic acids is 1. The molecule has 0 spiro atoms. The summed E-state index contributed by atoms with van der Waals surface area (Å²) in [5, 5.41) is 0. The molecule has 1 aromatic heterocycles. The Morgan fingerprint density at radius 1 is 1.17 bits per heavy atom. The second-order valence-electron chi connectivity index (χ2n) is 6.60. The lowest BCUT2D eigenvalue weighted by atomic mass is 10.1. The number of benzene rings is 2. The average Bonchev–Trinajstić information content (AvgIpc) is 3.13. The number of hydrogen-bond acceptors (Lipinski definition) is 7. The summed E-state index contributed by atoms with van der Waals surface area (Å²) < 4.78 is 16.9. The van der Waals surface area contributed by atoms with Gasteiger partial charge >= 0.3 is 4.94 Å². The molecule has 3 rings (SSSR count). The first-order valence-electron chi connectivity index (χ1n) is 9.83. The first kappa shape index (κ1) is 21.8. The predicted molar refractivity (Wildman–Crippen MR) is 120 cm³/mol. The third-order valence-corrected chi connectivity index (χ3v) is 5.59. The summed E-state index contributed by atoms with van der Waals surface area (Å²) in [6, 6.07) is 10.7. The first-order valence-corrected chi connectivity index (χ1v) is 10.6. The van der Waals surface area contributed by atoms with Crippen molar-refractivity contribution in [2.24, 2.45) is 0 Å². The van der Waals surface area contributed by atoms with Crippen LogP contribution in [0.15, 0.2) is 51.7 Å². The SMILES string of the molecule is CCN(CC)CCOc1cc2sc(=O)oc2cc1C(=O)/C=C/c1ccc(OC)cc1. The third-order valence-electron chi connectivity index (χ3n) is 4.80. The summed E-state index contributed by atoms with van der Waals surface area (Å²) in [7, 11) is 1.61. The zero-order valence-corrected chi connectivity index (χ0v) is 18.2. The number of likely N-dealkylation sites (N-methyl/N-ethyl adjacent to an activating group) is 1. The summed E-state index contributed by atoms with van der Waals surface area (Å²) in [6.45, 7) is 7.25. The van der Waals surface area contributed by atoms with E-state index in [0.717, 1.165) is 42.3 Å². The number of ether oxygens (including phenoxy) is 2. The normalized spacial score (nSPS) is 11.5. The van der Waals surface area contributed by atoms with Crippen LogP contribution in [0.25, 0.3) is 16.4 Å². The highest BCUT2D eigenvalue weighted by molar-refractivity contribution is 7.16. The fourth-order valence-electron chi connectivity index (χ4n) is 3.01. The number of rotatable bonds is 10. The van der Waals surface area contributed by atoms with E-state index >= 15 is 0 Å². The van der Waals surface area contributed by atoms with Crippen LogP contribution in [-0.4, -0.2) is 44.0 Å². The molecule has 0 aliphatic heterocycles. The molecule has 0 unspecified atom stereocenters. The van der Waals surface area contributed by atoms with Crippen LogP contribution in [0.5, 0.6) is 11.5 Å². The molecule has 2 aromatic carbocycles. The number of ketones is 1. The number of allylic oxidation sites excluding steroid dienone is 1. The van der Waals surface area contributed by atoms with Crippen molar-refractivity contribution in [2.75, 3.05) is 33.4 Å². The van der Waals surface area contributed by atoms with Gasteiger partial charge in [-0.2, -0.15) is 0 Å². The fourth-order valence-corrected chi connectivity index (χ4v) is 3.69. The number of methoxy groups -OCH3 is 1. The molecule has 0 atom stereocenters. The van der Waals surface area contributed by atoms with Crippen molar-refractivity contribution in [3.05, 3.63) is 63.3 Å². The lowest BCUT2D eigenvalue weighted by Crippen LogP contribution is -2.28. The van der Waals surface area contributed by atoms with Crippen molar-refractivity contribution in [1.29, 1.82) is 0 Å². The Morgan fingerprint density at radius 2 is 1.90 bits per heavy atom. The maximum atomic E-state index is 12.9.